The van der Waals surface area contributed by atoms with E-state index in [4.69, 9.17) is 4.74 Å². The first kappa shape index (κ1) is 12.3. The van der Waals surface area contributed by atoms with Crippen LogP contribution in [0.1, 0.15) is 33.1 Å². The summed E-state index contributed by atoms with van der Waals surface area (Å²) in [6.07, 6.45) is 3.55. The highest BCUT2D eigenvalue weighted by molar-refractivity contribution is 4.87. The third kappa shape index (κ3) is 2.76. The average molecular weight is 226 g/mol. The Morgan fingerprint density at radius 3 is 2.75 bits per heavy atom. The molecule has 0 aromatic rings. The smallest absolute Gasteiger partial charge is 0.120 e. The van der Waals surface area contributed by atoms with Crippen LogP contribution in [0, 0.1) is 11.8 Å². The zero-order chi connectivity index (χ0) is 11.6. The van der Waals surface area contributed by atoms with Gasteiger partial charge in [-0.1, -0.05) is 13.8 Å². The van der Waals surface area contributed by atoms with Crippen molar-refractivity contribution in [3.05, 3.63) is 0 Å². The Balaban J connectivity index is 1.90. The van der Waals surface area contributed by atoms with Crippen LogP contribution in [-0.4, -0.2) is 43.9 Å². The Morgan fingerprint density at radius 1 is 1.31 bits per heavy atom. The molecule has 0 aromatic carbocycles. The van der Waals surface area contributed by atoms with Crippen molar-refractivity contribution in [1.82, 2.24) is 10.2 Å². The zero-order valence-electron chi connectivity index (χ0n) is 11.0. The van der Waals surface area contributed by atoms with Crippen molar-refractivity contribution < 1.29 is 4.74 Å². The fourth-order valence-corrected chi connectivity index (χ4v) is 2.69. The zero-order valence-corrected chi connectivity index (χ0v) is 11.0. The first-order valence-corrected chi connectivity index (χ1v) is 6.69. The lowest BCUT2D eigenvalue weighted by molar-refractivity contribution is -0.129. The summed E-state index contributed by atoms with van der Waals surface area (Å²) in [5.41, 5.74) is -0.00382. The third-order valence-electron chi connectivity index (χ3n) is 4.22. The minimum Gasteiger partial charge on any atom is -0.360 e. The second-order valence-corrected chi connectivity index (χ2v) is 5.85. The van der Waals surface area contributed by atoms with E-state index in [0.717, 1.165) is 32.0 Å². The lowest BCUT2D eigenvalue weighted by Gasteiger charge is -2.42. The van der Waals surface area contributed by atoms with Gasteiger partial charge in [0, 0.05) is 19.5 Å². The van der Waals surface area contributed by atoms with Crippen LogP contribution < -0.4 is 5.32 Å². The fraction of sp³-hybridized carbons (Fsp3) is 1.00. The molecular formula is C13H26N2O. The summed E-state index contributed by atoms with van der Waals surface area (Å²) in [5.74, 6) is 1.41. The third-order valence-corrected chi connectivity index (χ3v) is 4.22. The maximum atomic E-state index is 6.17. The lowest BCUT2D eigenvalue weighted by Crippen LogP contribution is -2.56. The molecule has 0 bridgehead atoms. The molecule has 1 spiro atoms. The number of nitrogens with one attached hydrogen (secondary N) is 1. The van der Waals surface area contributed by atoms with E-state index in [2.05, 4.69) is 31.1 Å². The van der Waals surface area contributed by atoms with Crippen LogP contribution in [0.2, 0.25) is 0 Å². The topological polar surface area (TPSA) is 24.5 Å². The van der Waals surface area contributed by atoms with E-state index in [1.54, 1.807) is 0 Å². The highest BCUT2D eigenvalue weighted by Crippen LogP contribution is 2.29. The van der Waals surface area contributed by atoms with Gasteiger partial charge in [0.05, 0.1) is 6.61 Å². The summed E-state index contributed by atoms with van der Waals surface area (Å²) in [5, 5.41) is 3.68. The molecule has 2 aliphatic rings. The van der Waals surface area contributed by atoms with Gasteiger partial charge in [-0.25, -0.2) is 0 Å². The Bertz CT molecular complexity index is 222. The Hall–Kier alpha value is -0.120. The molecule has 2 heterocycles. The average Bonchev–Trinajstić information content (AvgIpc) is 2.43. The first-order chi connectivity index (χ1) is 7.61. The van der Waals surface area contributed by atoms with Gasteiger partial charge in [0.1, 0.15) is 5.72 Å². The Morgan fingerprint density at radius 2 is 2.12 bits per heavy atom. The lowest BCUT2D eigenvalue weighted by atomic mass is 9.92. The molecule has 2 unspecified atom stereocenters. The van der Waals surface area contributed by atoms with E-state index in [9.17, 15) is 0 Å². The van der Waals surface area contributed by atoms with E-state index < -0.39 is 0 Å². The Labute approximate surface area is 99.5 Å². The molecular weight excluding hydrogens is 200 g/mol. The monoisotopic (exact) mass is 226 g/mol. The Kier molecular flexibility index (Phi) is 3.88. The van der Waals surface area contributed by atoms with E-state index in [1.165, 1.54) is 19.4 Å². The number of likely N-dealkylation sites (tertiary alicyclic amines) is 1. The van der Waals surface area contributed by atoms with Gasteiger partial charge in [-0.2, -0.15) is 0 Å². The summed E-state index contributed by atoms with van der Waals surface area (Å²) in [4.78, 5) is 2.41. The minimum absolute atomic E-state index is 0.00382. The quantitative estimate of drug-likeness (QED) is 0.736. The SMILES string of the molecule is CC(C)C1CNC2(CCCN(C)CC2)OC1. The number of nitrogens with zero attached hydrogens (tertiary/aromatic N) is 1. The minimum atomic E-state index is -0.00382. The molecule has 2 saturated heterocycles. The van der Waals surface area contributed by atoms with Crippen LogP contribution in [0.3, 0.4) is 0 Å². The molecule has 0 radical (unpaired) electrons. The van der Waals surface area contributed by atoms with Crippen molar-refractivity contribution in [1.29, 1.82) is 0 Å². The summed E-state index contributed by atoms with van der Waals surface area (Å²) >= 11 is 0. The largest absolute Gasteiger partial charge is 0.360 e. The van der Waals surface area contributed by atoms with Gasteiger partial charge in [0.25, 0.3) is 0 Å². The van der Waals surface area contributed by atoms with E-state index >= 15 is 0 Å². The van der Waals surface area contributed by atoms with Gasteiger partial charge < -0.3 is 9.64 Å². The van der Waals surface area contributed by atoms with Gasteiger partial charge in [0.2, 0.25) is 0 Å². The molecule has 0 aliphatic carbocycles. The number of rotatable bonds is 1. The molecule has 3 nitrogen and oxygen atoms in total. The van der Waals surface area contributed by atoms with Crippen LogP contribution in [0.4, 0.5) is 0 Å². The van der Waals surface area contributed by atoms with Gasteiger partial charge >= 0.3 is 0 Å². The standard InChI is InChI=1S/C13H26N2O/c1-11(2)12-9-14-13(16-10-12)5-4-7-15(3)8-6-13/h11-12,14H,4-10H2,1-3H3. The van der Waals surface area contributed by atoms with Crippen molar-refractivity contribution in [3.63, 3.8) is 0 Å². The van der Waals surface area contributed by atoms with Crippen LogP contribution in [0.15, 0.2) is 0 Å². The molecule has 2 rings (SSSR count). The maximum Gasteiger partial charge on any atom is 0.120 e. The molecule has 0 saturated carbocycles. The second kappa shape index (κ2) is 5.03. The second-order valence-electron chi connectivity index (χ2n) is 5.85. The number of hydrogen-bond donors (Lipinski definition) is 1. The van der Waals surface area contributed by atoms with Crippen molar-refractivity contribution in [3.8, 4) is 0 Å². The molecule has 0 amide bonds. The normalized spacial score (nSPS) is 37.9. The predicted molar refractivity (Wildman–Crippen MR) is 66.4 cm³/mol. The molecule has 1 N–H and O–H groups in total. The summed E-state index contributed by atoms with van der Waals surface area (Å²) in [6.45, 7) is 9.00. The number of ether oxygens (including phenoxy) is 1. The maximum absolute atomic E-state index is 6.17. The van der Waals surface area contributed by atoms with E-state index in [1.807, 2.05) is 0 Å². The van der Waals surface area contributed by atoms with Crippen molar-refractivity contribution in [2.45, 2.75) is 38.8 Å². The van der Waals surface area contributed by atoms with Crippen LogP contribution >= 0.6 is 0 Å². The van der Waals surface area contributed by atoms with E-state index in [0.29, 0.717) is 5.92 Å². The fourth-order valence-electron chi connectivity index (χ4n) is 2.69. The van der Waals surface area contributed by atoms with Gasteiger partial charge in [-0.15, -0.1) is 0 Å². The first-order valence-electron chi connectivity index (χ1n) is 6.69. The van der Waals surface area contributed by atoms with Crippen molar-refractivity contribution in [2.75, 3.05) is 33.3 Å². The highest BCUT2D eigenvalue weighted by atomic mass is 16.5. The van der Waals surface area contributed by atoms with Crippen molar-refractivity contribution in [2.24, 2.45) is 11.8 Å². The van der Waals surface area contributed by atoms with Crippen molar-refractivity contribution >= 4 is 0 Å². The highest BCUT2D eigenvalue weighted by Gasteiger charge is 2.37. The summed E-state index contributed by atoms with van der Waals surface area (Å²) < 4.78 is 6.17. The predicted octanol–water partition coefficient (Wildman–Crippen LogP) is 1.69. The molecule has 16 heavy (non-hydrogen) atoms. The van der Waals surface area contributed by atoms with Gasteiger partial charge in [-0.3, -0.25) is 5.32 Å². The van der Waals surface area contributed by atoms with E-state index in [-0.39, 0.29) is 5.72 Å². The van der Waals surface area contributed by atoms with Gasteiger partial charge in [-0.05, 0) is 38.3 Å². The molecule has 2 atom stereocenters. The van der Waals surface area contributed by atoms with Gasteiger partial charge in [0.15, 0.2) is 0 Å². The summed E-state index contributed by atoms with van der Waals surface area (Å²) in [6, 6.07) is 0. The van der Waals surface area contributed by atoms with Crippen LogP contribution in [0.5, 0.6) is 0 Å². The van der Waals surface area contributed by atoms with Crippen LogP contribution in [0.25, 0.3) is 0 Å². The number of hydrogen-bond acceptors (Lipinski definition) is 3. The molecule has 0 aromatic heterocycles. The summed E-state index contributed by atoms with van der Waals surface area (Å²) in [7, 11) is 2.21. The molecule has 2 aliphatic heterocycles. The molecule has 3 heteroatoms. The molecule has 2 fully saturated rings. The molecule has 94 valence electrons. The van der Waals surface area contributed by atoms with Crippen LogP contribution in [-0.2, 0) is 4.74 Å².